The molecule has 160 valence electrons. The highest BCUT2D eigenvalue weighted by Crippen LogP contribution is 2.26. The number of H-pyrrole nitrogens is 1. The van der Waals surface area contributed by atoms with Gasteiger partial charge in [-0.15, -0.1) is 0 Å². The molecule has 1 amide bonds. The molecule has 4 heterocycles. The zero-order valence-corrected chi connectivity index (χ0v) is 17.7. The van der Waals surface area contributed by atoms with Crippen LogP contribution in [0.15, 0.2) is 30.6 Å². The first-order valence-corrected chi connectivity index (χ1v) is 10.3. The highest BCUT2D eigenvalue weighted by atomic mass is 19.1. The summed E-state index contributed by atoms with van der Waals surface area (Å²) in [5.74, 6) is 0.441. The minimum atomic E-state index is -0.376. The SMILES string of the molecule is CC(C)(C)NC(=O)c1c[nH]c2ncc(-n3nc(CC4CNC4)c4cc(F)ccc43)nc12. The number of hydrogen-bond acceptors (Lipinski definition) is 5. The molecule has 31 heavy (non-hydrogen) atoms. The Morgan fingerprint density at radius 2 is 2.13 bits per heavy atom. The number of halogens is 1. The summed E-state index contributed by atoms with van der Waals surface area (Å²) in [6.07, 6.45) is 3.98. The van der Waals surface area contributed by atoms with Gasteiger partial charge in [-0.25, -0.2) is 19.0 Å². The fourth-order valence-corrected chi connectivity index (χ4v) is 3.81. The van der Waals surface area contributed by atoms with Crippen LogP contribution in [0.2, 0.25) is 0 Å². The number of fused-ring (bicyclic) bond motifs is 2. The van der Waals surface area contributed by atoms with Crippen LogP contribution in [-0.4, -0.2) is 49.3 Å². The normalized spacial score (nSPS) is 14.8. The average molecular weight is 421 g/mol. The largest absolute Gasteiger partial charge is 0.347 e. The minimum Gasteiger partial charge on any atom is -0.347 e. The van der Waals surface area contributed by atoms with Crippen LogP contribution in [0.3, 0.4) is 0 Å². The number of aromatic nitrogens is 5. The maximum atomic E-state index is 14.0. The molecule has 0 bridgehead atoms. The second-order valence-corrected chi connectivity index (χ2v) is 9.08. The first-order valence-electron chi connectivity index (χ1n) is 10.3. The molecule has 4 aromatic rings. The lowest BCUT2D eigenvalue weighted by Crippen LogP contribution is -2.43. The topological polar surface area (TPSA) is 101 Å². The average Bonchev–Trinajstić information content (AvgIpc) is 3.24. The number of aromatic amines is 1. The molecule has 1 fully saturated rings. The van der Waals surface area contributed by atoms with Crippen molar-refractivity contribution in [2.24, 2.45) is 5.92 Å². The van der Waals surface area contributed by atoms with Gasteiger partial charge in [-0.3, -0.25) is 4.79 Å². The van der Waals surface area contributed by atoms with Crippen molar-refractivity contribution in [1.82, 2.24) is 35.4 Å². The number of rotatable bonds is 4. The van der Waals surface area contributed by atoms with Crippen molar-refractivity contribution < 1.29 is 9.18 Å². The van der Waals surface area contributed by atoms with Gasteiger partial charge in [0.15, 0.2) is 11.5 Å². The van der Waals surface area contributed by atoms with Crippen LogP contribution in [0.4, 0.5) is 4.39 Å². The van der Waals surface area contributed by atoms with Crippen molar-refractivity contribution in [1.29, 1.82) is 0 Å². The molecule has 9 heteroatoms. The van der Waals surface area contributed by atoms with E-state index >= 15 is 0 Å². The summed E-state index contributed by atoms with van der Waals surface area (Å²) < 4.78 is 15.7. The summed E-state index contributed by atoms with van der Waals surface area (Å²) in [7, 11) is 0. The van der Waals surface area contributed by atoms with Gasteiger partial charge >= 0.3 is 0 Å². The second-order valence-electron chi connectivity index (χ2n) is 9.08. The molecule has 3 aromatic heterocycles. The molecule has 1 aromatic carbocycles. The van der Waals surface area contributed by atoms with E-state index in [0.29, 0.717) is 28.5 Å². The quantitative estimate of drug-likeness (QED) is 0.470. The molecule has 0 unspecified atom stereocenters. The molecular weight excluding hydrogens is 397 g/mol. The molecule has 0 aliphatic carbocycles. The molecule has 3 N–H and O–H groups in total. The Kier molecular flexibility index (Phi) is 4.51. The van der Waals surface area contributed by atoms with Crippen molar-refractivity contribution >= 4 is 28.0 Å². The maximum Gasteiger partial charge on any atom is 0.255 e. The smallest absolute Gasteiger partial charge is 0.255 e. The van der Waals surface area contributed by atoms with Gasteiger partial charge in [0.2, 0.25) is 0 Å². The van der Waals surface area contributed by atoms with Crippen LogP contribution in [0.5, 0.6) is 0 Å². The Labute approximate surface area is 178 Å². The van der Waals surface area contributed by atoms with Gasteiger partial charge in [-0.05, 0) is 64.4 Å². The first-order chi connectivity index (χ1) is 14.8. The Morgan fingerprint density at radius 1 is 1.32 bits per heavy atom. The number of carbonyl (C=O) groups is 1. The highest BCUT2D eigenvalue weighted by molar-refractivity contribution is 6.04. The third kappa shape index (κ3) is 3.65. The molecule has 0 saturated carbocycles. The van der Waals surface area contributed by atoms with E-state index in [2.05, 4.69) is 20.6 Å². The van der Waals surface area contributed by atoms with Crippen LogP contribution >= 0.6 is 0 Å². The van der Waals surface area contributed by atoms with E-state index < -0.39 is 0 Å². The molecule has 0 atom stereocenters. The number of nitrogens with zero attached hydrogens (tertiary/aromatic N) is 4. The van der Waals surface area contributed by atoms with E-state index in [-0.39, 0.29) is 17.3 Å². The summed E-state index contributed by atoms with van der Waals surface area (Å²) >= 11 is 0. The lowest BCUT2D eigenvalue weighted by Gasteiger charge is -2.26. The Balaban J connectivity index is 1.60. The molecular formula is C22H24FN7O. The third-order valence-electron chi connectivity index (χ3n) is 5.38. The summed E-state index contributed by atoms with van der Waals surface area (Å²) in [6.45, 7) is 7.64. The second kappa shape index (κ2) is 7.12. The Bertz CT molecular complexity index is 1300. The molecule has 0 radical (unpaired) electrons. The van der Waals surface area contributed by atoms with Gasteiger partial charge in [0.1, 0.15) is 11.3 Å². The maximum absolute atomic E-state index is 14.0. The fourth-order valence-electron chi connectivity index (χ4n) is 3.81. The van der Waals surface area contributed by atoms with E-state index in [1.807, 2.05) is 20.8 Å². The predicted molar refractivity (Wildman–Crippen MR) is 116 cm³/mol. The molecule has 5 rings (SSSR count). The zero-order chi connectivity index (χ0) is 21.8. The van der Waals surface area contributed by atoms with E-state index in [4.69, 9.17) is 10.1 Å². The Morgan fingerprint density at radius 3 is 2.84 bits per heavy atom. The number of hydrogen-bond donors (Lipinski definition) is 3. The van der Waals surface area contributed by atoms with E-state index in [1.165, 1.54) is 12.1 Å². The minimum absolute atomic E-state index is 0.226. The van der Waals surface area contributed by atoms with Gasteiger partial charge in [-0.1, -0.05) is 0 Å². The van der Waals surface area contributed by atoms with Crippen molar-refractivity contribution in [3.8, 4) is 5.82 Å². The summed E-state index contributed by atoms with van der Waals surface area (Å²) in [5, 5.41) is 11.7. The lowest BCUT2D eigenvalue weighted by atomic mass is 9.96. The van der Waals surface area contributed by atoms with Crippen molar-refractivity contribution in [3.63, 3.8) is 0 Å². The first kappa shape index (κ1) is 19.6. The monoisotopic (exact) mass is 421 g/mol. The lowest BCUT2D eigenvalue weighted by molar-refractivity contribution is 0.0921. The molecule has 0 spiro atoms. The van der Waals surface area contributed by atoms with E-state index in [9.17, 15) is 9.18 Å². The standard InChI is InChI=1S/C22H24FN7O/c1-22(2,3)28-21(31)15-10-25-20-19(15)27-18(11-26-20)30-17-5-4-13(23)7-14(17)16(29-30)6-12-8-24-9-12/h4-5,7,10-12,24H,6,8-9H2,1-3H3,(H,25,26)(H,28,31). The predicted octanol–water partition coefficient (Wildman–Crippen LogP) is 2.73. The number of amides is 1. The van der Waals surface area contributed by atoms with Crippen LogP contribution in [0.1, 0.15) is 36.8 Å². The van der Waals surface area contributed by atoms with Crippen LogP contribution in [-0.2, 0) is 6.42 Å². The highest BCUT2D eigenvalue weighted by Gasteiger charge is 2.23. The van der Waals surface area contributed by atoms with Gasteiger partial charge < -0.3 is 15.6 Å². The van der Waals surface area contributed by atoms with Crippen molar-refractivity contribution in [3.05, 3.63) is 47.7 Å². The summed E-state index contributed by atoms with van der Waals surface area (Å²) in [6, 6.07) is 4.64. The van der Waals surface area contributed by atoms with Crippen molar-refractivity contribution in [2.45, 2.75) is 32.7 Å². The molecule has 8 nitrogen and oxygen atoms in total. The van der Waals surface area contributed by atoms with Crippen molar-refractivity contribution in [2.75, 3.05) is 13.1 Å². The van der Waals surface area contributed by atoms with E-state index in [0.717, 1.165) is 36.1 Å². The molecule has 1 saturated heterocycles. The van der Waals surface area contributed by atoms with E-state index in [1.54, 1.807) is 23.1 Å². The summed E-state index contributed by atoms with van der Waals surface area (Å²) in [5.41, 5.74) is 2.62. The van der Waals surface area contributed by atoms with Gasteiger partial charge in [0.05, 0.1) is 23.0 Å². The third-order valence-corrected chi connectivity index (χ3v) is 5.38. The number of carbonyl (C=O) groups excluding carboxylic acids is 1. The zero-order valence-electron chi connectivity index (χ0n) is 17.7. The number of benzene rings is 1. The summed E-state index contributed by atoms with van der Waals surface area (Å²) in [4.78, 5) is 24.9. The van der Waals surface area contributed by atoms with Crippen LogP contribution in [0, 0.1) is 11.7 Å². The number of nitrogens with one attached hydrogen (secondary N) is 3. The molecule has 1 aliphatic rings. The van der Waals surface area contributed by atoms with Gasteiger partial charge in [-0.2, -0.15) is 5.10 Å². The Hall–Kier alpha value is -3.33. The van der Waals surface area contributed by atoms with Gasteiger partial charge in [0, 0.05) is 17.1 Å². The van der Waals surface area contributed by atoms with Gasteiger partial charge in [0.25, 0.3) is 5.91 Å². The fraction of sp³-hybridized carbons (Fsp3) is 0.364. The molecule has 1 aliphatic heterocycles. The van der Waals surface area contributed by atoms with Crippen LogP contribution < -0.4 is 10.6 Å². The van der Waals surface area contributed by atoms with Crippen LogP contribution in [0.25, 0.3) is 27.9 Å².